The van der Waals surface area contributed by atoms with Crippen molar-refractivity contribution in [3.8, 4) is 0 Å². The molecule has 7 heteroatoms. The van der Waals surface area contributed by atoms with E-state index in [0.29, 0.717) is 24.2 Å². The summed E-state index contributed by atoms with van der Waals surface area (Å²) in [5.41, 5.74) is 0.631. The third-order valence-electron chi connectivity index (χ3n) is 5.28. The van der Waals surface area contributed by atoms with Crippen LogP contribution >= 0.6 is 0 Å². The minimum atomic E-state index is -0.468. The van der Waals surface area contributed by atoms with E-state index in [4.69, 9.17) is 0 Å². The second-order valence-corrected chi connectivity index (χ2v) is 6.87. The molecule has 1 aromatic carbocycles. The quantitative estimate of drug-likeness (QED) is 0.581. The summed E-state index contributed by atoms with van der Waals surface area (Å²) in [7, 11) is 1.98. The Morgan fingerprint density at radius 3 is 2.64 bits per heavy atom. The van der Waals surface area contributed by atoms with Crippen LogP contribution in [-0.4, -0.2) is 53.1 Å². The molecule has 1 fully saturated rings. The normalized spacial score (nSPS) is 16.6. The van der Waals surface area contributed by atoms with Gasteiger partial charge in [-0.05, 0) is 32.9 Å². The van der Waals surface area contributed by atoms with Gasteiger partial charge in [0.15, 0.2) is 0 Å². The van der Waals surface area contributed by atoms with Gasteiger partial charge in [0.2, 0.25) is 0 Å². The number of nitrogens with zero attached hydrogens (tertiary/aromatic N) is 2. The van der Waals surface area contributed by atoms with Gasteiger partial charge in [0.25, 0.3) is 11.6 Å². The van der Waals surface area contributed by atoms with E-state index >= 15 is 0 Å². The topological polar surface area (TPSA) is 95.7 Å². The molecule has 138 valence electrons. The van der Waals surface area contributed by atoms with E-state index in [-0.39, 0.29) is 23.7 Å². The lowest BCUT2D eigenvalue weighted by Gasteiger charge is -2.44. The van der Waals surface area contributed by atoms with Crippen molar-refractivity contribution >= 4 is 11.6 Å². The number of β-amino-alcohol motifs (C(OH)–C–C–N with tert-alkyl or cyclic N) is 1. The first-order valence-electron chi connectivity index (χ1n) is 8.75. The van der Waals surface area contributed by atoms with E-state index in [0.717, 1.165) is 25.7 Å². The first-order chi connectivity index (χ1) is 11.9. The van der Waals surface area contributed by atoms with Gasteiger partial charge in [-0.15, -0.1) is 0 Å². The van der Waals surface area contributed by atoms with Crippen molar-refractivity contribution in [1.82, 2.24) is 10.2 Å². The molecule has 1 aromatic rings. The molecule has 0 heterocycles. The summed E-state index contributed by atoms with van der Waals surface area (Å²) in [4.78, 5) is 25.2. The molecule has 0 radical (unpaired) electrons. The Kier molecular flexibility index (Phi) is 6.50. The van der Waals surface area contributed by atoms with Crippen molar-refractivity contribution in [3.63, 3.8) is 0 Å². The molecule has 1 aliphatic carbocycles. The zero-order chi connectivity index (χ0) is 18.4. The summed E-state index contributed by atoms with van der Waals surface area (Å²) in [6.07, 6.45) is 5.33. The number of rotatable bonds is 7. The third-order valence-corrected chi connectivity index (χ3v) is 5.28. The molecule has 0 spiro atoms. The van der Waals surface area contributed by atoms with Crippen LogP contribution in [0.25, 0.3) is 0 Å². The fraction of sp³-hybridized carbons (Fsp3) is 0.611. The summed E-state index contributed by atoms with van der Waals surface area (Å²) >= 11 is 0. The number of amides is 1. The van der Waals surface area contributed by atoms with Crippen LogP contribution in [0.1, 0.15) is 48.0 Å². The summed E-state index contributed by atoms with van der Waals surface area (Å²) in [6.45, 7) is 2.77. The smallest absolute Gasteiger partial charge is 0.273 e. The standard InChI is InChI=1S/C18H27N3O4/c1-14-6-7-15(12-16(14)21(24)25)17(23)19-13-18(20(2)10-11-22)8-4-3-5-9-18/h6-7,12,22H,3-5,8-11,13H2,1-2H3,(H,19,23). The van der Waals surface area contributed by atoms with Crippen molar-refractivity contribution in [1.29, 1.82) is 0 Å². The van der Waals surface area contributed by atoms with Crippen LogP contribution in [0.2, 0.25) is 0 Å². The van der Waals surface area contributed by atoms with Crippen LogP contribution < -0.4 is 5.32 Å². The third kappa shape index (κ3) is 4.55. The molecule has 7 nitrogen and oxygen atoms in total. The number of likely N-dealkylation sites (N-methyl/N-ethyl adjacent to an activating group) is 1. The number of nitro groups is 1. The molecule has 0 unspecified atom stereocenters. The molecule has 0 bridgehead atoms. The SMILES string of the molecule is Cc1ccc(C(=O)NCC2(N(C)CCO)CCCCC2)cc1[N+](=O)[O-]. The van der Waals surface area contributed by atoms with Crippen LogP contribution in [0.5, 0.6) is 0 Å². The van der Waals surface area contributed by atoms with Crippen LogP contribution in [0.4, 0.5) is 5.69 Å². The number of carbonyl (C=O) groups excluding carboxylic acids is 1. The van der Waals surface area contributed by atoms with Gasteiger partial charge in [-0.3, -0.25) is 19.8 Å². The molecule has 0 aliphatic heterocycles. The molecule has 0 saturated heterocycles. The number of aliphatic hydroxyl groups excluding tert-OH is 1. The van der Waals surface area contributed by atoms with Gasteiger partial charge >= 0.3 is 0 Å². The summed E-state index contributed by atoms with van der Waals surface area (Å²) < 4.78 is 0. The Bertz CT molecular complexity index is 627. The fourth-order valence-corrected chi connectivity index (χ4v) is 3.58. The van der Waals surface area contributed by atoms with Crippen molar-refractivity contribution < 1.29 is 14.8 Å². The van der Waals surface area contributed by atoms with E-state index in [1.54, 1.807) is 19.1 Å². The summed E-state index contributed by atoms with van der Waals surface area (Å²) in [5, 5.41) is 23.3. The predicted molar refractivity (Wildman–Crippen MR) is 95.7 cm³/mol. The molecule has 1 saturated carbocycles. The highest BCUT2D eigenvalue weighted by atomic mass is 16.6. The summed E-state index contributed by atoms with van der Waals surface area (Å²) in [5.74, 6) is -0.301. The van der Waals surface area contributed by atoms with Crippen molar-refractivity contribution in [2.24, 2.45) is 0 Å². The van der Waals surface area contributed by atoms with Crippen molar-refractivity contribution in [3.05, 3.63) is 39.4 Å². The number of aliphatic hydroxyl groups is 1. The highest BCUT2D eigenvalue weighted by Crippen LogP contribution is 2.32. The van der Waals surface area contributed by atoms with Crippen molar-refractivity contribution in [2.75, 3.05) is 26.7 Å². The largest absolute Gasteiger partial charge is 0.395 e. The van der Waals surface area contributed by atoms with Crippen LogP contribution in [0.15, 0.2) is 18.2 Å². The lowest BCUT2D eigenvalue weighted by atomic mass is 9.80. The van der Waals surface area contributed by atoms with Gasteiger partial charge in [-0.2, -0.15) is 0 Å². The molecular formula is C18H27N3O4. The predicted octanol–water partition coefficient (Wildman–Crippen LogP) is 2.26. The Balaban J connectivity index is 2.11. The van der Waals surface area contributed by atoms with Gasteiger partial charge in [-0.25, -0.2) is 0 Å². The van der Waals surface area contributed by atoms with Gasteiger partial charge in [0.05, 0.1) is 11.5 Å². The van der Waals surface area contributed by atoms with Crippen LogP contribution in [-0.2, 0) is 0 Å². The number of nitro benzene ring substituents is 1. The van der Waals surface area contributed by atoms with Crippen LogP contribution in [0.3, 0.4) is 0 Å². The Labute approximate surface area is 148 Å². The molecular weight excluding hydrogens is 322 g/mol. The zero-order valence-corrected chi connectivity index (χ0v) is 15.0. The maximum atomic E-state index is 12.5. The number of benzene rings is 1. The monoisotopic (exact) mass is 349 g/mol. The molecule has 2 rings (SSSR count). The molecule has 2 N–H and O–H groups in total. The Hall–Kier alpha value is -1.99. The van der Waals surface area contributed by atoms with Gasteiger partial charge < -0.3 is 10.4 Å². The second kappa shape index (κ2) is 8.40. The zero-order valence-electron chi connectivity index (χ0n) is 15.0. The van der Waals surface area contributed by atoms with E-state index in [1.165, 1.54) is 12.5 Å². The van der Waals surface area contributed by atoms with E-state index in [2.05, 4.69) is 10.2 Å². The van der Waals surface area contributed by atoms with Gasteiger partial charge in [-0.1, -0.05) is 25.3 Å². The number of aryl methyl sites for hydroxylation is 1. The number of hydrogen-bond acceptors (Lipinski definition) is 5. The maximum absolute atomic E-state index is 12.5. The Morgan fingerprint density at radius 1 is 1.36 bits per heavy atom. The molecule has 0 aromatic heterocycles. The van der Waals surface area contributed by atoms with Gasteiger partial charge in [0, 0.05) is 35.8 Å². The molecule has 1 aliphatic rings. The average Bonchev–Trinajstić information content (AvgIpc) is 2.60. The highest BCUT2D eigenvalue weighted by Gasteiger charge is 2.36. The van der Waals surface area contributed by atoms with E-state index < -0.39 is 4.92 Å². The lowest BCUT2D eigenvalue weighted by molar-refractivity contribution is -0.385. The minimum Gasteiger partial charge on any atom is -0.395 e. The first kappa shape index (κ1) is 19.3. The van der Waals surface area contributed by atoms with E-state index in [9.17, 15) is 20.0 Å². The van der Waals surface area contributed by atoms with Crippen molar-refractivity contribution in [2.45, 2.75) is 44.6 Å². The lowest BCUT2D eigenvalue weighted by Crippen LogP contribution is -2.56. The first-order valence-corrected chi connectivity index (χ1v) is 8.75. The molecule has 1 amide bonds. The fourth-order valence-electron chi connectivity index (χ4n) is 3.58. The summed E-state index contributed by atoms with van der Waals surface area (Å²) in [6, 6.07) is 4.54. The number of carbonyl (C=O) groups is 1. The molecule has 0 atom stereocenters. The second-order valence-electron chi connectivity index (χ2n) is 6.87. The number of hydrogen-bond donors (Lipinski definition) is 2. The van der Waals surface area contributed by atoms with Gasteiger partial charge in [0.1, 0.15) is 0 Å². The van der Waals surface area contributed by atoms with E-state index in [1.807, 2.05) is 7.05 Å². The van der Waals surface area contributed by atoms with Crippen LogP contribution in [0, 0.1) is 17.0 Å². The number of nitrogens with one attached hydrogen (secondary N) is 1. The Morgan fingerprint density at radius 2 is 2.04 bits per heavy atom. The maximum Gasteiger partial charge on any atom is 0.273 e. The average molecular weight is 349 g/mol. The highest BCUT2D eigenvalue weighted by molar-refractivity contribution is 5.95. The molecule has 25 heavy (non-hydrogen) atoms. The minimum absolute atomic E-state index is 0.0440.